The van der Waals surface area contributed by atoms with Crippen molar-refractivity contribution in [2.24, 2.45) is 0 Å². The van der Waals surface area contributed by atoms with Gasteiger partial charge in [-0.2, -0.15) is 13.2 Å². The highest BCUT2D eigenvalue weighted by atomic mass is 19.4. The monoisotopic (exact) mass is 291 g/mol. The molecule has 0 heterocycles. The van der Waals surface area contributed by atoms with Gasteiger partial charge in [0.25, 0.3) is 0 Å². The Morgan fingerprint density at radius 1 is 1.40 bits per heavy atom. The molecule has 0 aromatic heterocycles. The molecule has 8 heteroatoms. The van der Waals surface area contributed by atoms with Crippen LogP contribution in [0.1, 0.15) is 25.3 Å². The first-order chi connectivity index (χ1) is 9.25. The van der Waals surface area contributed by atoms with Gasteiger partial charge >= 0.3 is 11.9 Å². The van der Waals surface area contributed by atoms with Gasteiger partial charge in [-0.25, -0.2) is 0 Å². The molecular weight excluding hydrogens is 279 g/mol. The van der Waals surface area contributed by atoms with E-state index in [0.717, 1.165) is 6.07 Å². The van der Waals surface area contributed by atoms with Gasteiger partial charge in [-0.05, 0) is 18.6 Å². The molecule has 0 saturated carbocycles. The molecule has 0 aliphatic heterocycles. The van der Waals surface area contributed by atoms with Crippen molar-refractivity contribution in [2.45, 2.75) is 25.9 Å². The SMILES string of the molecule is CCCC(=O)COc1ccc(C(F)(F)F)cc1[N+](=O)[O-]. The summed E-state index contributed by atoms with van der Waals surface area (Å²) in [6.07, 6.45) is -3.84. The largest absolute Gasteiger partial charge is 0.479 e. The maximum Gasteiger partial charge on any atom is 0.416 e. The number of ketones is 1. The summed E-state index contributed by atoms with van der Waals surface area (Å²) in [5.74, 6) is -0.630. The smallest absolute Gasteiger partial charge is 0.416 e. The Kier molecular flexibility index (Phi) is 5.06. The molecule has 0 unspecified atom stereocenters. The number of rotatable bonds is 6. The lowest BCUT2D eigenvalue weighted by molar-refractivity contribution is -0.386. The number of ether oxygens (including phenoxy) is 1. The van der Waals surface area contributed by atoms with Crippen LogP contribution in [0, 0.1) is 10.1 Å². The Bertz CT molecular complexity index is 514. The Labute approximate surface area is 112 Å². The summed E-state index contributed by atoms with van der Waals surface area (Å²) < 4.78 is 42.3. The lowest BCUT2D eigenvalue weighted by atomic mass is 10.2. The van der Waals surface area contributed by atoms with Crippen LogP contribution in [0.4, 0.5) is 18.9 Å². The van der Waals surface area contributed by atoms with Crippen molar-refractivity contribution in [3.63, 3.8) is 0 Å². The fourth-order valence-electron chi connectivity index (χ4n) is 1.47. The van der Waals surface area contributed by atoms with E-state index in [2.05, 4.69) is 0 Å². The van der Waals surface area contributed by atoms with Gasteiger partial charge in [0.1, 0.15) is 6.61 Å². The number of carbonyl (C=O) groups excluding carboxylic acids is 1. The van der Waals surface area contributed by atoms with Gasteiger partial charge in [-0.1, -0.05) is 6.92 Å². The lowest BCUT2D eigenvalue weighted by Crippen LogP contribution is -2.12. The number of nitro benzene ring substituents is 1. The van der Waals surface area contributed by atoms with Gasteiger partial charge in [0.15, 0.2) is 11.5 Å². The molecular formula is C12H12F3NO4. The molecule has 1 aromatic carbocycles. The zero-order valence-electron chi connectivity index (χ0n) is 10.6. The Morgan fingerprint density at radius 2 is 2.05 bits per heavy atom. The quantitative estimate of drug-likeness (QED) is 0.595. The maximum absolute atomic E-state index is 12.5. The van der Waals surface area contributed by atoms with Gasteiger partial charge in [0.05, 0.1) is 10.5 Å². The number of alkyl halides is 3. The van der Waals surface area contributed by atoms with Crippen LogP contribution in [-0.4, -0.2) is 17.3 Å². The molecule has 1 aromatic rings. The minimum absolute atomic E-state index is 0.244. The predicted octanol–water partition coefficient (Wildman–Crippen LogP) is 3.36. The standard InChI is InChI=1S/C12H12F3NO4/c1-2-3-9(17)7-20-11-5-4-8(12(13,14)15)6-10(11)16(18)19/h4-6H,2-3,7H2,1H3. The molecule has 0 radical (unpaired) electrons. The minimum Gasteiger partial charge on any atom is -0.479 e. The Hall–Kier alpha value is -2.12. The molecule has 0 N–H and O–H groups in total. The minimum atomic E-state index is -4.68. The zero-order chi connectivity index (χ0) is 15.3. The Balaban J connectivity index is 2.97. The summed E-state index contributed by atoms with van der Waals surface area (Å²) in [6.45, 7) is 1.37. The van der Waals surface area contributed by atoms with Crippen LogP contribution in [0.25, 0.3) is 0 Å². The number of hydrogen-bond donors (Lipinski definition) is 0. The second-order valence-corrected chi connectivity index (χ2v) is 4.01. The Morgan fingerprint density at radius 3 is 2.55 bits per heavy atom. The van der Waals surface area contributed by atoms with E-state index in [1.54, 1.807) is 6.92 Å². The molecule has 0 spiro atoms. The molecule has 1 rings (SSSR count). The highest BCUT2D eigenvalue weighted by molar-refractivity contribution is 5.80. The summed E-state index contributed by atoms with van der Waals surface area (Å²) in [5.41, 5.74) is -1.96. The van der Waals surface area contributed by atoms with Crippen LogP contribution < -0.4 is 4.74 Å². The van der Waals surface area contributed by atoms with Crippen LogP contribution in [0.2, 0.25) is 0 Å². The van der Waals surface area contributed by atoms with Gasteiger partial charge in [0.2, 0.25) is 0 Å². The van der Waals surface area contributed by atoms with Gasteiger partial charge < -0.3 is 4.74 Å². The van der Waals surface area contributed by atoms with Gasteiger partial charge in [-0.15, -0.1) is 0 Å². The van der Waals surface area contributed by atoms with Gasteiger partial charge in [0, 0.05) is 12.5 Å². The van der Waals surface area contributed by atoms with Crippen molar-refractivity contribution in [3.8, 4) is 5.75 Å². The fraction of sp³-hybridized carbons (Fsp3) is 0.417. The highest BCUT2D eigenvalue weighted by Gasteiger charge is 2.33. The summed E-state index contributed by atoms with van der Waals surface area (Å²) in [7, 11) is 0. The molecule has 0 fully saturated rings. The van der Waals surface area contributed by atoms with Crippen LogP contribution >= 0.6 is 0 Å². The summed E-state index contributed by atoms with van der Waals surface area (Å²) in [4.78, 5) is 21.0. The van der Waals surface area contributed by atoms with E-state index in [0.29, 0.717) is 18.6 Å². The normalized spacial score (nSPS) is 11.2. The van der Waals surface area contributed by atoms with Crippen LogP contribution in [-0.2, 0) is 11.0 Å². The van der Waals surface area contributed by atoms with Crippen molar-refractivity contribution in [2.75, 3.05) is 6.61 Å². The number of benzene rings is 1. The van der Waals surface area contributed by atoms with Crippen molar-refractivity contribution in [3.05, 3.63) is 33.9 Å². The van der Waals surface area contributed by atoms with E-state index < -0.39 is 29.0 Å². The third-order valence-electron chi connectivity index (χ3n) is 2.40. The molecule has 0 atom stereocenters. The zero-order valence-corrected chi connectivity index (χ0v) is 10.6. The molecule has 110 valence electrons. The number of halogens is 3. The fourth-order valence-corrected chi connectivity index (χ4v) is 1.47. The average Bonchev–Trinajstić information content (AvgIpc) is 2.35. The number of nitro groups is 1. The van der Waals surface area contributed by atoms with Crippen molar-refractivity contribution < 1.29 is 27.6 Å². The number of carbonyl (C=O) groups is 1. The molecule has 20 heavy (non-hydrogen) atoms. The molecule has 0 aliphatic carbocycles. The molecule has 0 amide bonds. The third-order valence-corrected chi connectivity index (χ3v) is 2.40. The summed E-state index contributed by atoms with van der Waals surface area (Å²) in [5, 5.41) is 10.7. The second kappa shape index (κ2) is 6.36. The van der Waals surface area contributed by atoms with E-state index in [1.165, 1.54) is 0 Å². The van der Waals surface area contributed by atoms with E-state index in [-0.39, 0.29) is 18.0 Å². The average molecular weight is 291 g/mol. The van der Waals surface area contributed by atoms with Crippen LogP contribution in [0.5, 0.6) is 5.75 Å². The summed E-state index contributed by atoms with van der Waals surface area (Å²) in [6, 6.07) is 1.91. The second-order valence-electron chi connectivity index (χ2n) is 4.01. The van der Waals surface area contributed by atoms with Crippen molar-refractivity contribution >= 4 is 11.5 Å². The molecule has 0 aliphatic rings. The first kappa shape index (κ1) is 15.9. The predicted molar refractivity (Wildman–Crippen MR) is 63.5 cm³/mol. The van der Waals surface area contributed by atoms with E-state index in [1.807, 2.05) is 0 Å². The molecule has 0 saturated heterocycles. The van der Waals surface area contributed by atoms with Crippen molar-refractivity contribution in [1.29, 1.82) is 0 Å². The lowest BCUT2D eigenvalue weighted by Gasteiger charge is -2.09. The first-order valence-corrected chi connectivity index (χ1v) is 5.75. The topological polar surface area (TPSA) is 69.4 Å². The molecule has 5 nitrogen and oxygen atoms in total. The van der Waals surface area contributed by atoms with Crippen LogP contribution in [0.15, 0.2) is 18.2 Å². The first-order valence-electron chi connectivity index (χ1n) is 5.75. The van der Waals surface area contributed by atoms with E-state index >= 15 is 0 Å². The number of nitrogens with zero attached hydrogens (tertiary/aromatic N) is 1. The third kappa shape index (κ3) is 4.22. The number of hydrogen-bond acceptors (Lipinski definition) is 4. The summed E-state index contributed by atoms with van der Waals surface area (Å²) >= 11 is 0. The maximum atomic E-state index is 12.5. The van der Waals surface area contributed by atoms with Crippen molar-refractivity contribution in [1.82, 2.24) is 0 Å². The molecule has 0 bridgehead atoms. The van der Waals surface area contributed by atoms with E-state index in [9.17, 15) is 28.1 Å². The van der Waals surface area contributed by atoms with Crippen LogP contribution in [0.3, 0.4) is 0 Å². The van der Waals surface area contributed by atoms with E-state index in [4.69, 9.17) is 4.74 Å². The number of Topliss-reactive ketones (excluding diaryl/α,β-unsaturated/α-hetero) is 1. The highest BCUT2D eigenvalue weighted by Crippen LogP contribution is 2.35. The van der Waals surface area contributed by atoms with Gasteiger partial charge in [-0.3, -0.25) is 14.9 Å².